The highest BCUT2D eigenvalue weighted by molar-refractivity contribution is 6.45. The summed E-state index contributed by atoms with van der Waals surface area (Å²) in [7, 11) is 0. The summed E-state index contributed by atoms with van der Waals surface area (Å²) in [5.41, 5.74) is 14.2. The van der Waals surface area contributed by atoms with Crippen molar-refractivity contribution in [2.24, 2.45) is 5.92 Å². The standard InChI is InChI=1S/C53H62Cl2N10O7/c1-32(59-52(68)36-9-7-34(8-10-36)35-11-13-39(56)14-12-35)44-27-47(61-33(2)60-44)65-45-6-4-3-5-37(45)25-46(65)53(69)57-16-19-70-21-23-72-24-22-71-20-18-64-29-38(28-58-64)40-26-42(54)50(55)51-49(40)41-30-63(48(67)31-66)17-15-43(41)62-51/h7-14,26-29,32,37,45-46,62,66H,3-6,15-25,30-31,56H2,1-2H3,(H,57,69)(H,59,68)/t32-,37-,45-,46-/m0/s1. The summed E-state index contributed by atoms with van der Waals surface area (Å²) in [6, 6.07) is 18.3. The number of carbonyl (C=O) groups is 3. The third-order valence-corrected chi connectivity index (χ3v) is 14.8. The van der Waals surface area contributed by atoms with Crippen LogP contribution < -0.4 is 21.3 Å². The zero-order chi connectivity index (χ0) is 50.3. The Kier molecular flexibility index (Phi) is 16.4. The molecule has 2 aliphatic heterocycles. The molecular formula is C53H62Cl2N10O7. The van der Waals surface area contributed by atoms with Gasteiger partial charge < -0.3 is 50.5 Å². The highest BCUT2D eigenvalue weighted by Gasteiger charge is 2.46. The monoisotopic (exact) mass is 1020 g/mol. The van der Waals surface area contributed by atoms with Crippen molar-refractivity contribution in [1.82, 2.24) is 40.3 Å². The number of benzene rings is 3. The van der Waals surface area contributed by atoms with E-state index in [0.717, 1.165) is 76.5 Å². The van der Waals surface area contributed by atoms with Crippen LogP contribution in [0.4, 0.5) is 11.5 Å². The van der Waals surface area contributed by atoms with Crippen molar-refractivity contribution >= 4 is 63.3 Å². The van der Waals surface area contributed by atoms with Crippen molar-refractivity contribution in [1.29, 1.82) is 0 Å². The number of aliphatic hydroxyl groups excluding tert-OH is 1. The van der Waals surface area contributed by atoms with E-state index in [4.69, 9.17) is 53.1 Å². The van der Waals surface area contributed by atoms with Crippen LogP contribution in [0.5, 0.6) is 0 Å². The average molecular weight is 1020 g/mol. The number of ether oxygens (including phenoxy) is 3. The summed E-state index contributed by atoms with van der Waals surface area (Å²) < 4.78 is 19.2. The first kappa shape index (κ1) is 50.8. The normalized spacial score (nSPS) is 18.0. The lowest BCUT2D eigenvalue weighted by molar-refractivity contribution is -0.135. The van der Waals surface area contributed by atoms with Crippen molar-refractivity contribution in [3.05, 3.63) is 111 Å². The Morgan fingerprint density at radius 3 is 2.38 bits per heavy atom. The smallest absolute Gasteiger partial charge is 0.251 e. The lowest BCUT2D eigenvalue weighted by atomic mass is 9.84. The van der Waals surface area contributed by atoms with Crippen molar-refractivity contribution < 1.29 is 33.7 Å². The molecule has 3 aromatic heterocycles. The lowest BCUT2D eigenvalue weighted by Crippen LogP contribution is -2.48. The number of halogens is 2. The molecule has 3 amide bonds. The van der Waals surface area contributed by atoms with Crippen LogP contribution in [0.25, 0.3) is 33.2 Å². The minimum atomic E-state index is -0.537. The van der Waals surface area contributed by atoms with E-state index in [1.54, 1.807) is 15.8 Å². The predicted octanol–water partition coefficient (Wildman–Crippen LogP) is 7.06. The van der Waals surface area contributed by atoms with Crippen LogP contribution in [0, 0.1) is 12.8 Å². The number of nitrogens with one attached hydrogen (secondary N) is 3. The summed E-state index contributed by atoms with van der Waals surface area (Å²) in [6.07, 6.45) is 9.38. The number of nitrogen functional groups attached to an aromatic ring is 1. The number of rotatable bonds is 20. The number of aliphatic hydroxyl groups is 1. The molecule has 0 unspecified atom stereocenters. The van der Waals surface area contributed by atoms with Gasteiger partial charge in [0.15, 0.2) is 0 Å². The highest BCUT2D eigenvalue weighted by Crippen LogP contribution is 2.44. The molecule has 9 rings (SSSR count). The van der Waals surface area contributed by atoms with Gasteiger partial charge in [-0.1, -0.05) is 60.3 Å². The molecule has 19 heteroatoms. The molecule has 2 fully saturated rings. The molecule has 0 spiro atoms. The second kappa shape index (κ2) is 23.2. The van der Waals surface area contributed by atoms with Crippen molar-refractivity contribution in [2.75, 3.05) is 70.0 Å². The van der Waals surface area contributed by atoms with Gasteiger partial charge in [-0.15, -0.1) is 0 Å². The highest BCUT2D eigenvalue weighted by atomic mass is 35.5. The van der Waals surface area contributed by atoms with Gasteiger partial charge >= 0.3 is 0 Å². The Bertz CT molecular complexity index is 2870. The summed E-state index contributed by atoms with van der Waals surface area (Å²) in [6.45, 7) is 7.31. The molecule has 0 radical (unpaired) electrons. The number of H-pyrrole nitrogens is 1. The fourth-order valence-corrected chi connectivity index (χ4v) is 10.8. The molecule has 1 aliphatic carbocycles. The van der Waals surface area contributed by atoms with Gasteiger partial charge in [-0.05, 0) is 86.1 Å². The van der Waals surface area contributed by atoms with E-state index in [0.29, 0.717) is 117 Å². The molecule has 6 aromatic rings. The van der Waals surface area contributed by atoms with Gasteiger partial charge in [-0.3, -0.25) is 19.1 Å². The maximum Gasteiger partial charge on any atom is 0.251 e. The van der Waals surface area contributed by atoms with E-state index in [1.165, 1.54) is 0 Å². The molecule has 1 saturated heterocycles. The Labute approximate surface area is 428 Å². The topological polar surface area (TPSA) is 215 Å². The van der Waals surface area contributed by atoms with E-state index >= 15 is 0 Å². The first-order valence-corrected chi connectivity index (χ1v) is 25.6. The fraction of sp³-hybridized carbons (Fsp3) is 0.434. The van der Waals surface area contributed by atoms with Crippen LogP contribution >= 0.6 is 23.2 Å². The molecule has 3 aliphatic rings. The molecule has 6 N–H and O–H groups in total. The van der Waals surface area contributed by atoms with Crippen LogP contribution in [0.1, 0.15) is 78.2 Å². The van der Waals surface area contributed by atoms with Crippen molar-refractivity contribution in [3.8, 4) is 22.3 Å². The molecule has 72 heavy (non-hydrogen) atoms. The maximum absolute atomic E-state index is 13.9. The number of carbonyl (C=O) groups excluding carboxylic acids is 3. The first-order chi connectivity index (χ1) is 34.9. The molecular weight excluding hydrogens is 960 g/mol. The van der Waals surface area contributed by atoms with Gasteiger partial charge in [0.2, 0.25) is 11.8 Å². The molecule has 3 aromatic carbocycles. The minimum absolute atomic E-state index is 0.0507. The van der Waals surface area contributed by atoms with Gasteiger partial charge in [0.05, 0.1) is 79.7 Å². The van der Waals surface area contributed by atoms with Crippen molar-refractivity contribution in [2.45, 2.75) is 83.6 Å². The largest absolute Gasteiger partial charge is 0.399 e. The van der Waals surface area contributed by atoms with E-state index in [2.05, 4.69) is 25.6 Å². The van der Waals surface area contributed by atoms with E-state index < -0.39 is 12.6 Å². The third kappa shape index (κ3) is 11.6. The summed E-state index contributed by atoms with van der Waals surface area (Å²) in [4.78, 5) is 56.5. The lowest BCUT2D eigenvalue weighted by Gasteiger charge is -2.35. The average Bonchev–Trinajstić information content (AvgIpc) is 4.14. The Morgan fingerprint density at radius 2 is 1.62 bits per heavy atom. The van der Waals surface area contributed by atoms with Gasteiger partial charge in [0.25, 0.3) is 5.91 Å². The van der Waals surface area contributed by atoms with Crippen LogP contribution in [0.15, 0.2) is 73.1 Å². The minimum Gasteiger partial charge on any atom is -0.399 e. The molecule has 4 atom stereocenters. The molecule has 380 valence electrons. The Balaban J connectivity index is 0.697. The number of anilines is 2. The third-order valence-electron chi connectivity index (χ3n) is 14.0. The van der Waals surface area contributed by atoms with Crippen LogP contribution in [-0.2, 0) is 43.3 Å². The van der Waals surface area contributed by atoms with E-state index in [-0.39, 0.29) is 29.8 Å². The molecule has 0 bridgehead atoms. The SMILES string of the molecule is Cc1nc([C@H](C)NC(=O)c2ccc(-c3ccc(N)cc3)cc2)cc(N2[C@H](C(=O)NCCOCCOCCOCCn3cc(-c4cc(Cl)c(Cl)c5[nH]c6c(c45)CN(C(=O)CO)CC6)cn3)C[C@@H]3CCCC[C@@H]32)n1. The number of amides is 3. The number of hydrogen-bond acceptors (Lipinski definition) is 12. The fourth-order valence-electron chi connectivity index (χ4n) is 10.4. The zero-order valence-corrected chi connectivity index (χ0v) is 42.2. The van der Waals surface area contributed by atoms with E-state index in [9.17, 15) is 19.5 Å². The molecule has 5 heterocycles. The first-order valence-electron chi connectivity index (χ1n) is 24.8. The molecule has 17 nitrogen and oxygen atoms in total. The second-order valence-corrected chi connectivity index (χ2v) is 19.5. The number of nitrogens with two attached hydrogens (primary N) is 1. The Hall–Kier alpha value is -6.08. The number of nitrogens with zero attached hydrogens (tertiary/aromatic N) is 6. The van der Waals surface area contributed by atoms with Crippen LogP contribution in [-0.4, -0.2) is 124 Å². The zero-order valence-electron chi connectivity index (χ0n) is 40.7. The van der Waals surface area contributed by atoms with Crippen molar-refractivity contribution in [3.63, 3.8) is 0 Å². The Morgan fingerprint density at radius 1 is 0.917 bits per heavy atom. The van der Waals surface area contributed by atoms with Gasteiger partial charge in [0.1, 0.15) is 24.3 Å². The quantitative estimate of drug-likeness (QED) is 0.0384. The van der Waals surface area contributed by atoms with E-state index in [1.807, 2.05) is 80.7 Å². The van der Waals surface area contributed by atoms with Gasteiger partial charge in [-0.25, -0.2) is 9.97 Å². The second-order valence-electron chi connectivity index (χ2n) is 18.8. The summed E-state index contributed by atoms with van der Waals surface area (Å²) in [5, 5.41) is 22.0. The number of aryl methyl sites for hydroxylation is 1. The van der Waals surface area contributed by atoms with Gasteiger partial charge in [-0.2, -0.15) is 5.10 Å². The summed E-state index contributed by atoms with van der Waals surface area (Å²) >= 11 is 13.2. The number of hydrogen-bond donors (Lipinski definition) is 5. The van der Waals surface area contributed by atoms with Gasteiger partial charge in [0, 0.05) is 77.8 Å². The van der Waals surface area contributed by atoms with Crippen LogP contribution in [0.2, 0.25) is 10.0 Å². The number of aromatic amines is 1. The van der Waals surface area contributed by atoms with Crippen LogP contribution in [0.3, 0.4) is 0 Å². The number of aromatic nitrogens is 5. The number of fused-ring (bicyclic) bond motifs is 4. The molecule has 1 saturated carbocycles. The summed E-state index contributed by atoms with van der Waals surface area (Å²) in [5.74, 6) is 1.10. The maximum atomic E-state index is 13.9. The predicted molar refractivity (Wildman–Crippen MR) is 277 cm³/mol.